The molecule has 0 saturated heterocycles. The van der Waals surface area contributed by atoms with Crippen LogP contribution in [-0.2, 0) is 28.6 Å². The average Bonchev–Trinajstić information content (AvgIpc) is 3.15. The lowest BCUT2D eigenvalue weighted by Gasteiger charge is -2.18. The molecule has 0 spiro atoms. The number of hydrogen-bond donors (Lipinski definition) is 0. The van der Waals surface area contributed by atoms with Gasteiger partial charge in [0.2, 0.25) is 0 Å². The van der Waals surface area contributed by atoms with E-state index < -0.39 is 6.10 Å². The van der Waals surface area contributed by atoms with Gasteiger partial charge in [0.1, 0.15) is 13.2 Å². The van der Waals surface area contributed by atoms with Gasteiger partial charge in [-0.25, -0.2) is 0 Å². The van der Waals surface area contributed by atoms with Gasteiger partial charge in [-0.1, -0.05) is 227 Å². The van der Waals surface area contributed by atoms with Crippen LogP contribution in [0.4, 0.5) is 0 Å². The molecular formula is C48H92O6. The Hall–Kier alpha value is -1.59. The van der Waals surface area contributed by atoms with Crippen LogP contribution < -0.4 is 0 Å². The maximum Gasteiger partial charge on any atom is 0.306 e. The average molecular weight is 765 g/mol. The van der Waals surface area contributed by atoms with Gasteiger partial charge < -0.3 is 14.2 Å². The van der Waals surface area contributed by atoms with E-state index in [1.165, 1.54) is 161 Å². The molecule has 0 aliphatic carbocycles. The smallest absolute Gasteiger partial charge is 0.306 e. The number of rotatable bonds is 43. The van der Waals surface area contributed by atoms with E-state index in [-0.39, 0.29) is 31.1 Å². The van der Waals surface area contributed by atoms with Crippen LogP contribution in [-0.4, -0.2) is 37.2 Å². The molecule has 0 saturated carbocycles. The predicted octanol–water partition coefficient (Wildman–Crippen LogP) is 15.1. The molecule has 320 valence electrons. The molecule has 6 nitrogen and oxygen atoms in total. The Kier molecular flexibility index (Phi) is 41.3. The summed E-state index contributed by atoms with van der Waals surface area (Å²) < 4.78 is 16.7. The maximum atomic E-state index is 12.7. The molecule has 1 atom stereocenters. The second kappa shape index (κ2) is 42.6. The lowest BCUT2D eigenvalue weighted by Crippen LogP contribution is -2.30. The zero-order valence-electron chi connectivity index (χ0n) is 36.7. The summed E-state index contributed by atoms with van der Waals surface area (Å²) in [4.78, 5) is 37.7. The van der Waals surface area contributed by atoms with Crippen molar-refractivity contribution in [1.82, 2.24) is 0 Å². The third-order valence-electron chi connectivity index (χ3n) is 10.8. The third kappa shape index (κ3) is 41.6. The monoisotopic (exact) mass is 765 g/mol. The normalized spacial score (nSPS) is 11.9. The van der Waals surface area contributed by atoms with Gasteiger partial charge in [0.05, 0.1) is 0 Å². The molecule has 0 rings (SSSR count). The highest BCUT2D eigenvalue weighted by atomic mass is 16.6. The van der Waals surface area contributed by atoms with Crippen molar-refractivity contribution in [3.05, 3.63) is 0 Å². The number of carbonyl (C=O) groups excluding carboxylic acids is 3. The van der Waals surface area contributed by atoms with E-state index in [4.69, 9.17) is 14.2 Å². The van der Waals surface area contributed by atoms with Crippen LogP contribution in [0.15, 0.2) is 0 Å². The van der Waals surface area contributed by atoms with Crippen molar-refractivity contribution < 1.29 is 28.6 Å². The number of unbranched alkanes of at least 4 members (excludes halogenated alkanes) is 30. The minimum atomic E-state index is -0.759. The van der Waals surface area contributed by atoms with E-state index in [0.29, 0.717) is 19.3 Å². The fraction of sp³-hybridized carbons (Fsp3) is 0.938. The summed E-state index contributed by atoms with van der Waals surface area (Å²) in [5.74, 6) is -0.0334. The number of ether oxygens (including phenoxy) is 3. The number of hydrogen-bond acceptors (Lipinski definition) is 6. The first kappa shape index (κ1) is 52.4. The van der Waals surface area contributed by atoms with Gasteiger partial charge >= 0.3 is 17.9 Å². The van der Waals surface area contributed by atoms with Gasteiger partial charge in [-0.3, -0.25) is 14.4 Å². The molecule has 0 amide bonds. The van der Waals surface area contributed by atoms with Crippen molar-refractivity contribution in [2.75, 3.05) is 13.2 Å². The SMILES string of the molecule is CCCCCCCCCCCCCCCC(=O)OC[C@@H](COC(=O)CCCCCCCCCCCCC(C)C)OC(=O)CCCCCCCCCCCC. The lowest BCUT2D eigenvalue weighted by atomic mass is 10.0. The standard InChI is InChI=1S/C48H92O6/c1-5-7-9-11-13-15-17-18-19-24-27-31-35-39-46(49)52-42-45(54-48(51)41-37-33-29-23-16-14-12-10-8-6-2)43-53-47(50)40-36-32-28-25-21-20-22-26-30-34-38-44(3)4/h44-45H,5-43H2,1-4H3/t45-/m0/s1. The molecule has 0 aromatic rings. The van der Waals surface area contributed by atoms with Crippen molar-refractivity contribution in [2.45, 2.75) is 271 Å². The summed E-state index contributed by atoms with van der Waals surface area (Å²) in [5, 5.41) is 0. The van der Waals surface area contributed by atoms with Crippen molar-refractivity contribution >= 4 is 17.9 Å². The van der Waals surface area contributed by atoms with Crippen LogP contribution in [0.5, 0.6) is 0 Å². The Labute approximate surface area is 336 Å². The third-order valence-corrected chi connectivity index (χ3v) is 10.8. The van der Waals surface area contributed by atoms with E-state index in [9.17, 15) is 14.4 Å². The molecule has 0 heterocycles. The number of esters is 3. The van der Waals surface area contributed by atoms with Crippen LogP contribution in [0.3, 0.4) is 0 Å². The van der Waals surface area contributed by atoms with Crippen LogP contribution in [0.2, 0.25) is 0 Å². The fourth-order valence-corrected chi connectivity index (χ4v) is 7.16. The molecule has 0 fully saturated rings. The Bertz CT molecular complexity index is 811. The molecule has 0 aromatic heterocycles. The first-order valence-electron chi connectivity index (χ1n) is 23.9. The van der Waals surface area contributed by atoms with E-state index in [0.717, 1.165) is 63.7 Å². The Balaban J connectivity index is 4.30. The molecule has 6 heteroatoms. The van der Waals surface area contributed by atoms with Gasteiger partial charge in [0.25, 0.3) is 0 Å². The first-order valence-corrected chi connectivity index (χ1v) is 23.9. The summed E-state index contributed by atoms with van der Waals surface area (Å²) in [6.07, 6.45) is 42.2. The van der Waals surface area contributed by atoms with E-state index >= 15 is 0 Å². The highest BCUT2D eigenvalue weighted by Crippen LogP contribution is 2.16. The van der Waals surface area contributed by atoms with Gasteiger partial charge in [-0.15, -0.1) is 0 Å². The highest BCUT2D eigenvalue weighted by Gasteiger charge is 2.19. The van der Waals surface area contributed by atoms with Gasteiger partial charge in [-0.2, -0.15) is 0 Å². The zero-order chi connectivity index (χ0) is 39.6. The molecule has 0 aliphatic rings. The predicted molar refractivity (Wildman–Crippen MR) is 229 cm³/mol. The van der Waals surface area contributed by atoms with Gasteiger partial charge in [0.15, 0.2) is 6.10 Å². The van der Waals surface area contributed by atoms with Crippen LogP contribution >= 0.6 is 0 Å². The summed E-state index contributed by atoms with van der Waals surface area (Å²) in [6, 6.07) is 0. The Morgan fingerprint density at radius 2 is 0.611 bits per heavy atom. The van der Waals surface area contributed by atoms with E-state index in [2.05, 4.69) is 27.7 Å². The largest absolute Gasteiger partial charge is 0.462 e. The highest BCUT2D eigenvalue weighted by molar-refractivity contribution is 5.71. The van der Waals surface area contributed by atoms with Crippen LogP contribution in [0, 0.1) is 5.92 Å². The molecule has 0 aliphatic heterocycles. The summed E-state index contributed by atoms with van der Waals surface area (Å²) in [5.41, 5.74) is 0. The summed E-state index contributed by atoms with van der Waals surface area (Å²) in [6.45, 7) is 8.98. The maximum absolute atomic E-state index is 12.7. The van der Waals surface area contributed by atoms with Crippen molar-refractivity contribution in [1.29, 1.82) is 0 Å². The molecule has 0 unspecified atom stereocenters. The molecular weight excluding hydrogens is 673 g/mol. The van der Waals surface area contributed by atoms with E-state index in [1.54, 1.807) is 0 Å². The second-order valence-electron chi connectivity index (χ2n) is 16.9. The van der Waals surface area contributed by atoms with Crippen molar-refractivity contribution in [3.8, 4) is 0 Å². The first-order chi connectivity index (χ1) is 26.4. The molecule has 0 aromatic carbocycles. The Morgan fingerprint density at radius 1 is 0.352 bits per heavy atom. The Morgan fingerprint density at radius 3 is 0.907 bits per heavy atom. The molecule has 0 radical (unpaired) electrons. The molecule has 0 N–H and O–H groups in total. The second-order valence-corrected chi connectivity index (χ2v) is 16.9. The summed E-state index contributed by atoms with van der Waals surface area (Å²) >= 11 is 0. The van der Waals surface area contributed by atoms with Crippen LogP contribution in [0.25, 0.3) is 0 Å². The van der Waals surface area contributed by atoms with Gasteiger partial charge in [-0.05, 0) is 25.2 Å². The quantitative estimate of drug-likeness (QED) is 0.0349. The van der Waals surface area contributed by atoms with E-state index in [1.807, 2.05) is 0 Å². The molecule has 0 bridgehead atoms. The minimum Gasteiger partial charge on any atom is -0.462 e. The lowest BCUT2D eigenvalue weighted by molar-refractivity contribution is -0.167. The van der Waals surface area contributed by atoms with Crippen molar-refractivity contribution in [2.24, 2.45) is 5.92 Å². The fourth-order valence-electron chi connectivity index (χ4n) is 7.16. The zero-order valence-corrected chi connectivity index (χ0v) is 36.7. The molecule has 54 heavy (non-hydrogen) atoms. The van der Waals surface area contributed by atoms with Crippen molar-refractivity contribution in [3.63, 3.8) is 0 Å². The topological polar surface area (TPSA) is 78.9 Å². The van der Waals surface area contributed by atoms with Crippen LogP contribution in [0.1, 0.15) is 265 Å². The van der Waals surface area contributed by atoms with Gasteiger partial charge in [0, 0.05) is 19.3 Å². The number of carbonyl (C=O) groups is 3. The minimum absolute atomic E-state index is 0.0634. The summed E-state index contributed by atoms with van der Waals surface area (Å²) in [7, 11) is 0.